The van der Waals surface area contributed by atoms with Crippen LogP contribution in [-0.2, 0) is 6.18 Å². The fourth-order valence-electron chi connectivity index (χ4n) is 1.00. The molecule has 1 aromatic carbocycles. The smallest absolute Gasteiger partial charge is 0.417 e. The monoisotopic (exact) mass is 206 g/mol. The second-order valence-corrected chi connectivity index (χ2v) is 2.63. The molecule has 0 amide bonds. The summed E-state index contributed by atoms with van der Waals surface area (Å²) in [5, 5.41) is 8.84. The summed E-state index contributed by atoms with van der Waals surface area (Å²) in [5.74, 6) is -1.75. The first-order valence-electron chi connectivity index (χ1n) is 3.57. The third-order valence-corrected chi connectivity index (χ3v) is 1.60. The highest BCUT2D eigenvalue weighted by Crippen LogP contribution is 2.34. The van der Waals surface area contributed by atoms with Crippen molar-refractivity contribution in [1.29, 1.82) is 0 Å². The van der Waals surface area contributed by atoms with Crippen LogP contribution in [0.2, 0.25) is 0 Å². The summed E-state index contributed by atoms with van der Waals surface area (Å²) in [7, 11) is 0. The number of rotatable bonds is 1. The lowest BCUT2D eigenvalue weighted by Crippen LogP contribution is -2.09. The van der Waals surface area contributed by atoms with Crippen molar-refractivity contribution in [3.8, 4) is 0 Å². The molecule has 1 N–H and O–H groups in total. The molecular weight excluding hydrogens is 200 g/mol. The van der Waals surface area contributed by atoms with Crippen LogP contribution in [0.4, 0.5) is 17.6 Å². The molecule has 76 valence electrons. The Morgan fingerprint density at radius 2 is 1.86 bits per heavy atom. The van der Waals surface area contributed by atoms with Crippen LogP contribution in [0.15, 0.2) is 24.8 Å². The highest BCUT2D eigenvalue weighted by atomic mass is 19.4. The molecule has 14 heavy (non-hydrogen) atoms. The maximum absolute atomic E-state index is 12.5. The second-order valence-electron chi connectivity index (χ2n) is 2.63. The number of halogens is 4. The highest BCUT2D eigenvalue weighted by Gasteiger charge is 2.34. The van der Waals surface area contributed by atoms with Crippen molar-refractivity contribution in [3.63, 3.8) is 0 Å². The van der Waals surface area contributed by atoms with Crippen LogP contribution in [0.3, 0.4) is 0 Å². The number of hydrogen-bond acceptors (Lipinski definition) is 1. The number of alkyl halides is 3. The van der Waals surface area contributed by atoms with E-state index in [2.05, 4.69) is 6.58 Å². The zero-order valence-electron chi connectivity index (χ0n) is 6.90. The fourth-order valence-corrected chi connectivity index (χ4v) is 1.00. The SMILES string of the molecule is C=C(O)c1ccc(F)cc1C(F)(F)F. The fraction of sp³-hybridized carbons (Fsp3) is 0.111. The minimum absolute atomic E-state index is 0.316. The standard InChI is InChI=1S/C9H6F4O/c1-5(14)7-3-2-6(10)4-8(7)9(11,12)13/h2-4,14H,1H2. The molecule has 0 fully saturated rings. The van der Waals surface area contributed by atoms with Crippen molar-refractivity contribution >= 4 is 5.76 Å². The molecule has 0 radical (unpaired) electrons. The Kier molecular flexibility index (Phi) is 2.51. The minimum atomic E-state index is -4.71. The van der Waals surface area contributed by atoms with E-state index in [0.29, 0.717) is 6.07 Å². The van der Waals surface area contributed by atoms with E-state index in [1.807, 2.05) is 0 Å². The Hall–Kier alpha value is -1.52. The van der Waals surface area contributed by atoms with E-state index in [-0.39, 0.29) is 0 Å². The number of aliphatic hydroxyl groups excluding tert-OH is 1. The van der Waals surface area contributed by atoms with Gasteiger partial charge in [-0.15, -0.1) is 0 Å². The molecule has 5 heteroatoms. The van der Waals surface area contributed by atoms with Gasteiger partial charge in [0.05, 0.1) is 5.56 Å². The van der Waals surface area contributed by atoms with Gasteiger partial charge in [-0.3, -0.25) is 0 Å². The molecule has 0 atom stereocenters. The largest absolute Gasteiger partial charge is 0.508 e. The molecule has 1 rings (SSSR count). The third-order valence-electron chi connectivity index (χ3n) is 1.60. The lowest BCUT2D eigenvalue weighted by Gasteiger charge is -2.11. The zero-order chi connectivity index (χ0) is 10.9. The van der Waals surface area contributed by atoms with Gasteiger partial charge in [0.2, 0.25) is 0 Å². The maximum Gasteiger partial charge on any atom is 0.417 e. The second kappa shape index (κ2) is 3.32. The van der Waals surface area contributed by atoms with Crippen molar-refractivity contribution in [2.75, 3.05) is 0 Å². The molecular formula is C9H6F4O. The van der Waals surface area contributed by atoms with Gasteiger partial charge in [-0.1, -0.05) is 6.58 Å². The van der Waals surface area contributed by atoms with Gasteiger partial charge >= 0.3 is 6.18 Å². The van der Waals surface area contributed by atoms with Gasteiger partial charge < -0.3 is 5.11 Å². The molecule has 0 aliphatic rings. The summed E-state index contributed by atoms with van der Waals surface area (Å²) in [6.45, 7) is 2.96. The first-order chi connectivity index (χ1) is 6.32. The Morgan fingerprint density at radius 3 is 2.29 bits per heavy atom. The van der Waals surface area contributed by atoms with Crippen molar-refractivity contribution in [2.24, 2.45) is 0 Å². The normalized spacial score (nSPS) is 11.4. The number of aliphatic hydroxyl groups is 1. The Labute approximate surface area is 77.3 Å². The first-order valence-corrected chi connectivity index (χ1v) is 3.57. The quantitative estimate of drug-likeness (QED) is 0.551. The van der Waals surface area contributed by atoms with E-state index >= 15 is 0 Å². The summed E-state index contributed by atoms with van der Waals surface area (Å²) in [6.07, 6.45) is -4.71. The van der Waals surface area contributed by atoms with E-state index in [0.717, 1.165) is 12.1 Å². The number of benzene rings is 1. The molecule has 0 aliphatic carbocycles. The summed E-state index contributed by atoms with van der Waals surface area (Å²) in [4.78, 5) is 0. The predicted octanol–water partition coefficient (Wildman–Crippen LogP) is 3.37. The molecule has 0 aliphatic heterocycles. The minimum Gasteiger partial charge on any atom is -0.508 e. The summed E-state index contributed by atoms with van der Waals surface area (Å²) < 4.78 is 49.3. The topological polar surface area (TPSA) is 20.2 Å². The molecule has 1 nitrogen and oxygen atoms in total. The molecule has 1 aromatic rings. The first kappa shape index (κ1) is 10.6. The Morgan fingerprint density at radius 1 is 1.29 bits per heavy atom. The van der Waals surface area contributed by atoms with Crippen LogP contribution in [0, 0.1) is 5.82 Å². The molecule has 0 saturated carbocycles. The van der Waals surface area contributed by atoms with Gasteiger partial charge in [0, 0.05) is 5.56 Å². The van der Waals surface area contributed by atoms with Crippen LogP contribution < -0.4 is 0 Å². The van der Waals surface area contributed by atoms with Crippen molar-refractivity contribution in [1.82, 2.24) is 0 Å². The molecule has 0 bridgehead atoms. The van der Waals surface area contributed by atoms with Crippen LogP contribution in [0.5, 0.6) is 0 Å². The average molecular weight is 206 g/mol. The highest BCUT2D eigenvalue weighted by molar-refractivity contribution is 5.60. The van der Waals surface area contributed by atoms with Gasteiger partial charge in [0.1, 0.15) is 11.6 Å². The van der Waals surface area contributed by atoms with Gasteiger partial charge in [0.15, 0.2) is 0 Å². The van der Waals surface area contributed by atoms with E-state index < -0.39 is 28.9 Å². The number of hydrogen-bond donors (Lipinski definition) is 1. The molecule has 0 unspecified atom stereocenters. The van der Waals surface area contributed by atoms with E-state index in [4.69, 9.17) is 5.11 Å². The van der Waals surface area contributed by atoms with Gasteiger partial charge in [-0.05, 0) is 18.2 Å². The maximum atomic E-state index is 12.5. The van der Waals surface area contributed by atoms with Crippen LogP contribution in [0.1, 0.15) is 11.1 Å². The zero-order valence-corrected chi connectivity index (χ0v) is 6.90. The van der Waals surface area contributed by atoms with Crippen molar-refractivity contribution < 1.29 is 22.7 Å². The van der Waals surface area contributed by atoms with Crippen LogP contribution in [-0.4, -0.2) is 5.11 Å². The van der Waals surface area contributed by atoms with Gasteiger partial charge in [-0.25, -0.2) is 4.39 Å². The molecule has 0 spiro atoms. The Bertz CT molecular complexity index is 368. The lowest BCUT2D eigenvalue weighted by atomic mass is 10.1. The van der Waals surface area contributed by atoms with Crippen LogP contribution >= 0.6 is 0 Å². The van der Waals surface area contributed by atoms with Crippen molar-refractivity contribution in [3.05, 3.63) is 41.7 Å². The van der Waals surface area contributed by atoms with Gasteiger partial charge in [-0.2, -0.15) is 13.2 Å². The summed E-state index contributed by atoms with van der Waals surface area (Å²) >= 11 is 0. The van der Waals surface area contributed by atoms with E-state index in [1.54, 1.807) is 0 Å². The molecule has 0 aromatic heterocycles. The lowest BCUT2D eigenvalue weighted by molar-refractivity contribution is -0.138. The summed E-state index contributed by atoms with van der Waals surface area (Å²) in [6, 6.07) is 1.98. The van der Waals surface area contributed by atoms with E-state index in [1.165, 1.54) is 0 Å². The van der Waals surface area contributed by atoms with Crippen molar-refractivity contribution in [2.45, 2.75) is 6.18 Å². The van der Waals surface area contributed by atoms with E-state index in [9.17, 15) is 17.6 Å². The van der Waals surface area contributed by atoms with Gasteiger partial charge in [0.25, 0.3) is 0 Å². The summed E-state index contributed by atoms with van der Waals surface area (Å²) in [5.41, 5.74) is -1.75. The molecule has 0 saturated heterocycles. The average Bonchev–Trinajstić information content (AvgIpc) is 2.01. The Balaban J connectivity index is 3.38. The molecule has 0 heterocycles. The predicted molar refractivity (Wildman–Crippen MR) is 43.1 cm³/mol. The van der Waals surface area contributed by atoms with Crippen LogP contribution in [0.25, 0.3) is 5.76 Å². The third kappa shape index (κ3) is 2.04.